The molecule has 5 fully saturated rings. The predicted molar refractivity (Wildman–Crippen MR) is 435 cm³/mol. The molecule has 33 heteroatoms. The number of hydrogen-bond donors (Lipinski definition) is 16. The monoisotopic (exact) mass is 1700 g/mol. The molecule has 4 saturated carbocycles. The molecule has 16 rings (SSSR count). The van der Waals surface area contributed by atoms with Gasteiger partial charge < -0.3 is 107 Å². The zero-order valence-corrected chi connectivity index (χ0v) is 68.4. The Morgan fingerprint density at radius 1 is 0.658 bits per heavy atom. The van der Waals surface area contributed by atoms with E-state index in [4.69, 9.17) is 57.4 Å². The van der Waals surface area contributed by atoms with Crippen molar-refractivity contribution in [3.05, 3.63) is 135 Å². The number of benzene rings is 6. The number of urea groups is 1. The van der Waals surface area contributed by atoms with Crippen LogP contribution in [0.4, 0.5) is 10.5 Å². The number of Topliss-reactive ketones (excluding diaryl/α,β-unsaturated/α-hetero) is 3. The maximum absolute atomic E-state index is 16.7. The summed E-state index contributed by atoms with van der Waals surface area (Å²) in [5.74, 6) is -15.5. The number of likely N-dealkylation sites (N-methyl/N-ethyl adjacent to an activating group) is 1. The van der Waals surface area contributed by atoms with Crippen LogP contribution in [0.15, 0.2) is 97.1 Å². The van der Waals surface area contributed by atoms with Crippen molar-refractivity contribution in [3.63, 3.8) is 0 Å². The van der Waals surface area contributed by atoms with Crippen molar-refractivity contribution in [3.8, 4) is 68.6 Å². The molecular weight excluding hydrogens is 1600 g/mol. The third-order valence-electron chi connectivity index (χ3n) is 24.0. The SMILES string of the molecule is CCCCOc1ccc(OCCNC)cc1NC(=O)NC(=O)C[C@@H]1CC(=O)[C@H](NC(=O)[C@H](CC)CC(C)C)[C@H](O)c2ccc(c(Cl)c2)Oc2cc3cc(c2O[C@@H]2O[C@H](CN)[C@@H](O)[C@H](O)[C@H]2O)Oc2ccc(cc2Cl)[C@@H](O)[C@@H]2NC(=O)[C@H](CC(=O)[C@@H]3NC1=O)c1ccc(O)c(c1)-c1c(O)cc(O)cc1[C@@H](C(=O)CC1C3CC4CC(C3)CC1C4)NC2=O. The van der Waals surface area contributed by atoms with Crippen LogP contribution >= 0.6 is 23.2 Å². The molecule has 17 N–H and O–H groups in total. The Morgan fingerprint density at radius 3 is 1.96 bits per heavy atom. The van der Waals surface area contributed by atoms with Gasteiger partial charge in [-0.15, -0.1) is 0 Å². The quantitative estimate of drug-likeness (QED) is 0.0282. The first-order valence-corrected chi connectivity index (χ1v) is 41.5. The first kappa shape index (κ1) is 87.6. The van der Waals surface area contributed by atoms with Crippen molar-refractivity contribution in [1.82, 2.24) is 31.9 Å². The summed E-state index contributed by atoms with van der Waals surface area (Å²) in [4.78, 5) is 140. The molecule has 6 aliphatic heterocycles. The fraction of sp³-hybridized carbons (Fsp3) is 0.483. The number of imide groups is 1. The second kappa shape index (κ2) is 37.8. The van der Waals surface area contributed by atoms with Crippen molar-refractivity contribution < 1.29 is 112 Å². The fourth-order valence-corrected chi connectivity index (χ4v) is 18.5. The van der Waals surface area contributed by atoms with Crippen molar-refractivity contribution in [2.24, 2.45) is 53.1 Å². The van der Waals surface area contributed by atoms with E-state index in [2.05, 4.69) is 37.2 Å². The molecule has 0 unspecified atom stereocenters. The second-order valence-corrected chi connectivity index (χ2v) is 33.7. The molecule has 0 aromatic heterocycles. The van der Waals surface area contributed by atoms with E-state index in [-0.39, 0.29) is 122 Å². The second-order valence-electron chi connectivity index (χ2n) is 32.9. The molecule has 4 aliphatic carbocycles. The number of ketones is 3. The molecule has 6 heterocycles. The number of hydrogen-bond acceptors (Lipinski definition) is 25. The highest BCUT2D eigenvalue weighted by atomic mass is 35.5. The van der Waals surface area contributed by atoms with Crippen LogP contribution < -0.4 is 66.6 Å². The van der Waals surface area contributed by atoms with E-state index in [1.54, 1.807) is 26.1 Å². The molecular formula is C87H102Cl2N8O23. The minimum atomic E-state index is -2.23. The van der Waals surface area contributed by atoms with Gasteiger partial charge in [-0.3, -0.25) is 43.7 Å². The van der Waals surface area contributed by atoms with Gasteiger partial charge in [-0.2, -0.15) is 0 Å². The number of amides is 7. The number of anilines is 1. The molecule has 15 bridgehead atoms. The Hall–Kier alpha value is -10.2. The number of aliphatic hydroxyl groups is 5. The summed E-state index contributed by atoms with van der Waals surface area (Å²) in [5, 5.41) is 113. The van der Waals surface area contributed by atoms with Gasteiger partial charge in [0, 0.05) is 68.0 Å². The average Bonchev–Trinajstić information content (AvgIpc) is 0.753. The highest BCUT2D eigenvalue weighted by Crippen LogP contribution is 2.58. The maximum atomic E-state index is 16.7. The fourth-order valence-electron chi connectivity index (χ4n) is 18.0. The molecule has 31 nitrogen and oxygen atoms in total. The molecule has 7 amide bonds. The van der Waals surface area contributed by atoms with Crippen LogP contribution in [-0.4, -0.2) is 170 Å². The Bertz CT molecular complexity index is 4870. The highest BCUT2D eigenvalue weighted by molar-refractivity contribution is 6.32. The largest absolute Gasteiger partial charge is 0.508 e. The lowest BCUT2D eigenvalue weighted by Crippen LogP contribution is -2.60. The summed E-state index contributed by atoms with van der Waals surface area (Å²) >= 11 is 14.4. The van der Waals surface area contributed by atoms with Gasteiger partial charge in [0.15, 0.2) is 28.8 Å². The molecule has 0 radical (unpaired) electrons. The smallest absolute Gasteiger partial charge is 0.325 e. The van der Waals surface area contributed by atoms with Crippen LogP contribution in [0.5, 0.6) is 57.5 Å². The Labute approximate surface area is 702 Å². The molecule has 6 aromatic rings. The van der Waals surface area contributed by atoms with E-state index >= 15 is 28.8 Å². The van der Waals surface area contributed by atoms with E-state index in [0.29, 0.717) is 37.0 Å². The Morgan fingerprint density at radius 2 is 1.32 bits per heavy atom. The van der Waals surface area contributed by atoms with E-state index in [1.807, 2.05) is 20.8 Å². The summed E-state index contributed by atoms with van der Waals surface area (Å²) in [6.07, 6.45) is -10.0. The van der Waals surface area contributed by atoms with Crippen molar-refractivity contribution >= 4 is 81.8 Å². The lowest BCUT2D eigenvalue weighted by atomic mass is 9.51. The molecule has 0 spiro atoms. The van der Waals surface area contributed by atoms with E-state index in [0.717, 1.165) is 68.9 Å². The van der Waals surface area contributed by atoms with Crippen LogP contribution in [0.25, 0.3) is 11.1 Å². The summed E-state index contributed by atoms with van der Waals surface area (Å²) in [6.45, 7) is 7.91. The third kappa shape index (κ3) is 19.4. The van der Waals surface area contributed by atoms with Gasteiger partial charge in [-0.25, -0.2) is 4.79 Å². The van der Waals surface area contributed by atoms with Gasteiger partial charge in [0.05, 0.1) is 34.2 Å². The molecule has 642 valence electrons. The molecule has 6 aromatic carbocycles. The van der Waals surface area contributed by atoms with E-state index in [9.17, 15) is 55.2 Å². The Kier molecular flexibility index (Phi) is 27.6. The number of aromatic hydroxyl groups is 3. The summed E-state index contributed by atoms with van der Waals surface area (Å²) in [6, 6.07) is 10.7. The van der Waals surface area contributed by atoms with Crippen LogP contribution in [0, 0.1) is 47.3 Å². The van der Waals surface area contributed by atoms with Crippen LogP contribution in [0.2, 0.25) is 10.0 Å². The summed E-state index contributed by atoms with van der Waals surface area (Å²) in [7, 11) is 1.73. The maximum Gasteiger partial charge on any atom is 0.325 e. The van der Waals surface area contributed by atoms with E-state index in [1.165, 1.54) is 54.6 Å². The highest BCUT2D eigenvalue weighted by Gasteiger charge is 2.51. The van der Waals surface area contributed by atoms with Crippen LogP contribution in [0.1, 0.15) is 169 Å². The minimum absolute atomic E-state index is 0.0463. The van der Waals surface area contributed by atoms with Gasteiger partial charge >= 0.3 is 6.03 Å². The molecule has 14 atom stereocenters. The predicted octanol–water partition coefficient (Wildman–Crippen LogP) is 8.84. The first-order valence-electron chi connectivity index (χ1n) is 40.8. The normalized spacial score (nSPS) is 27.3. The first-order chi connectivity index (χ1) is 57.4. The zero-order chi connectivity index (χ0) is 85.8. The number of nitrogens with two attached hydrogens (primary N) is 1. The number of fused-ring (bicyclic) bond motifs is 15. The zero-order valence-electron chi connectivity index (χ0n) is 66.8. The minimum Gasteiger partial charge on any atom is -0.508 e. The summed E-state index contributed by atoms with van der Waals surface area (Å²) < 4.78 is 37.8. The third-order valence-corrected chi connectivity index (χ3v) is 24.6. The lowest BCUT2D eigenvalue weighted by Gasteiger charge is -2.54. The van der Waals surface area contributed by atoms with Gasteiger partial charge in [-0.05, 0) is 188 Å². The molecule has 10 aliphatic rings. The number of rotatable bonds is 22. The van der Waals surface area contributed by atoms with Crippen LogP contribution in [-0.2, 0) is 43.1 Å². The number of carbonyl (C=O) groups is 9. The number of phenols is 3. The van der Waals surface area contributed by atoms with Crippen LogP contribution in [0.3, 0.4) is 0 Å². The number of ether oxygens (including phenoxy) is 6. The number of unbranched alkanes of at least 4 members (excludes halogenated alkanes) is 1. The Balaban J connectivity index is 0.987. The van der Waals surface area contributed by atoms with Gasteiger partial charge in [0.25, 0.3) is 0 Å². The number of aliphatic hydroxyl groups excluding tert-OH is 5. The van der Waals surface area contributed by atoms with Gasteiger partial charge in [0.2, 0.25) is 41.6 Å². The number of nitrogens with one attached hydrogen (secondary N) is 7. The van der Waals surface area contributed by atoms with Crippen molar-refractivity contribution in [1.29, 1.82) is 0 Å². The topological polar surface area (TPSA) is 481 Å². The summed E-state index contributed by atoms with van der Waals surface area (Å²) in [5.41, 5.74) is 4.50. The number of phenolic OH excluding ortho intramolecular Hbond substituents is 3. The lowest BCUT2D eigenvalue weighted by molar-refractivity contribution is -0.270. The molecule has 120 heavy (non-hydrogen) atoms. The van der Waals surface area contributed by atoms with Gasteiger partial charge in [-0.1, -0.05) is 75.5 Å². The number of carbonyl (C=O) groups excluding carboxylic acids is 9. The van der Waals surface area contributed by atoms with Gasteiger partial charge in [0.1, 0.15) is 108 Å². The van der Waals surface area contributed by atoms with Crippen molar-refractivity contribution in [2.75, 3.05) is 38.7 Å². The average molecular weight is 1700 g/mol. The molecule has 1 saturated heterocycles. The standard InChI is InChI=1S/C87H102Cl2N8O23/c1-6-8-18-116-66-16-12-51(115-19-17-91-5)35-58(66)92-87(114)93-70(104)32-49-29-61(101)74(96-82(110)42(7-2)20-39(3)4)76(105)44-10-14-64(56(88)27-44)117-67-30-48-31-68(81(67)120-86-80(109)79(108)78(107)69(38-90)119-86)118-65-15-11-45(28-57(65)89)77(106)75-85(113)95-73(63(103)36-52-46-22-40-21-41(24-46)25-47(52)23-40)55-33-50(98)34-60(100)71(55)54-26-43(9-13-59(54)99)53(84(112)97-75)37-62(102)72(48)94-83(49)111/h9-16,26-28,30-31,33-35,39-42,46-47,49,52-53,69,72-80,86,91,98-100,105-109H,6-8,17-25,29,32,36-38,90H2,1-5H3,(H,94,111)(H,95,113)(H,96,110)(H,97,112)(H2,92,93,104,114)/t40?,41?,42-,46?,47?,49+,52?,53-,69-,72-,73+,74+,75+,76-,77-,78-,79+,80-,86+/m1/s1. The number of halogens is 2. The van der Waals surface area contributed by atoms with E-state index < -0.39 is 198 Å². The van der Waals surface area contributed by atoms with Crippen molar-refractivity contribution in [2.45, 2.75) is 184 Å².